The Morgan fingerprint density at radius 1 is 1.10 bits per heavy atom. The molecule has 0 saturated heterocycles. The fourth-order valence-electron chi connectivity index (χ4n) is 1.35. The molecule has 1 aliphatic heterocycles. The van der Waals surface area contributed by atoms with Gasteiger partial charge in [-0.05, 0) is 0 Å². The third-order valence-electron chi connectivity index (χ3n) is 2.37. The monoisotopic (exact) mass is 319 g/mol. The first-order chi connectivity index (χ1) is 8.78. The molecule has 1 heterocycles. The van der Waals surface area contributed by atoms with Crippen LogP contribution >= 0.6 is 0 Å². The molecule has 1 N–H and O–H groups in total. The first-order valence-electron chi connectivity index (χ1n) is 4.80. The predicted molar refractivity (Wildman–Crippen MR) is 45.2 cm³/mol. The molecule has 0 radical (unpaired) electrons. The lowest BCUT2D eigenvalue weighted by molar-refractivity contribution is -0.341. The number of aliphatic imine (C=N–C) groups is 1. The minimum absolute atomic E-state index is 0.928. The first kappa shape index (κ1) is 17.0. The van der Waals surface area contributed by atoms with Crippen LogP contribution in [0.25, 0.3) is 0 Å². The summed E-state index contributed by atoms with van der Waals surface area (Å²) in [5, 5.41) is 9.01. The van der Waals surface area contributed by atoms with Crippen LogP contribution in [0.2, 0.25) is 0 Å². The lowest BCUT2D eigenvalue weighted by Gasteiger charge is -2.38. The second-order valence-electron chi connectivity index (χ2n) is 3.72. The standard InChI is InChI=1S/C8H6F9NO2/c9-4(10)6(13,14)5(11,12)3-7(19,8(15,16)17)20-2-1-18-3/h4,19H,1-2H2. The van der Waals surface area contributed by atoms with Gasteiger partial charge in [0, 0.05) is 0 Å². The highest BCUT2D eigenvalue weighted by Gasteiger charge is 2.75. The Bertz CT molecular complexity index is 405. The number of ether oxygens (including phenoxy) is 1. The Balaban J connectivity index is 3.38. The summed E-state index contributed by atoms with van der Waals surface area (Å²) in [6.45, 7) is -1.93. The van der Waals surface area contributed by atoms with Gasteiger partial charge < -0.3 is 9.84 Å². The van der Waals surface area contributed by atoms with Crippen LogP contribution in [-0.4, -0.2) is 54.2 Å². The van der Waals surface area contributed by atoms with E-state index in [2.05, 4.69) is 9.73 Å². The molecule has 1 aliphatic rings. The summed E-state index contributed by atoms with van der Waals surface area (Å²) in [4.78, 5) is 2.43. The highest BCUT2D eigenvalue weighted by Crippen LogP contribution is 2.46. The summed E-state index contributed by atoms with van der Waals surface area (Å²) in [5.74, 6) is -17.1. The molecule has 0 amide bonds. The van der Waals surface area contributed by atoms with Crippen molar-refractivity contribution in [1.29, 1.82) is 0 Å². The van der Waals surface area contributed by atoms with Crippen molar-refractivity contribution in [1.82, 2.24) is 0 Å². The second kappa shape index (κ2) is 4.76. The molecule has 0 aromatic carbocycles. The number of aliphatic hydroxyl groups is 1. The zero-order valence-electron chi connectivity index (χ0n) is 9.20. The topological polar surface area (TPSA) is 41.8 Å². The Kier molecular flexibility index (Phi) is 4.05. The number of halogens is 9. The molecule has 0 fully saturated rings. The summed E-state index contributed by atoms with van der Waals surface area (Å²) in [7, 11) is 0. The molecule has 3 nitrogen and oxygen atoms in total. The second-order valence-corrected chi connectivity index (χ2v) is 3.72. The molecule has 1 rings (SSSR count). The van der Waals surface area contributed by atoms with Crippen molar-refractivity contribution in [2.45, 2.75) is 30.2 Å². The SMILES string of the molecule is OC1(C(F)(F)F)OCCN=C1C(F)(F)C(F)(F)C(F)F. The highest BCUT2D eigenvalue weighted by atomic mass is 19.4. The largest absolute Gasteiger partial charge is 0.449 e. The van der Waals surface area contributed by atoms with E-state index in [-0.39, 0.29) is 0 Å². The lowest BCUT2D eigenvalue weighted by Crippen LogP contribution is -2.66. The summed E-state index contributed by atoms with van der Waals surface area (Å²) in [6, 6.07) is 0. The van der Waals surface area contributed by atoms with Crippen LogP contribution in [0.15, 0.2) is 4.99 Å². The molecule has 118 valence electrons. The van der Waals surface area contributed by atoms with Gasteiger partial charge >= 0.3 is 30.2 Å². The fraction of sp³-hybridized carbons (Fsp3) is 0.875. The van der Waals surface area contributed by atoms with Crippen molar-refractivity contribution in [2.24, 2.45) is 4.99 Å². The van der Waals surface area contributed by atoms with Gasteiger partial charge in [0.2, 0.25) is 0 Å². The minimum Gasteiger partial charge on any atom is -0.354 e. The van der Waals surface area contributed by atoms with Crippen molar-refractivity contribution in [3.63, 3.8) is 0 Å². The van der Waals surface area contributed by atoms with Crippen LogP contribution in [0.5, 0.6) is 0 Å². The van der Waals surface area contributed by atoms with Crippen LogP contribution < -0.4 is 0 Å². The molecule has 12 heteroatoms. The van der Waals surface area contributed by atoms with Crippen molar-refractivity contribution < 1.29 is 49.4 Å². The molecule has 0 spiro atoms. The molecule has 0 bridgehead atoms. The van der Waals surface area contributed by atoms with Crippen molar-refractivity contribution in [3.8, 4) is 0 Å². The smallest absolute Gasteiger partial charge is 0.354 e. The van der Waals surface area contributed by atoms with Gasteiger partial charge in [-0.2, -0.15) is 30.7 Å². The van der Waals surface area contributed by atoms with Gasteiger partial charge in [-0.3, -0.25) is 4.99 Å². The average molecular weight is 319 g/mol. The Morgan fingerprint density at radius 2 is 1.60 bits per heavy atom. The third kappa shape index (κ3) is 2.34. The molecule has 0 aliphatic carbocycles. The van der Waals surface area contributed by atoms with E-state index in [4.69, 9.17) is 5.11 Å². The van der Waals surface area contributed by atoms with E-state index < -0.39 is 49.1 Å². The summed E-state index contributed by atoms with van der Waals surface area (Å²) >= 11 is 0. The van der Waals surface area contributed by atoms with E-state index in [0.717, 1.165) is 0 Å². The highest BCUT2D eigenvalue weighted by molar-refractivity contribution is 5.99. The average Bonchev–Trinajstić information content (AvgIpc) is 2.27. The number of rotatable bonds is 3. The number of nitrogens with zero attached hydrogens (tertiary/aromatic N) is 1. The number of hydrogen-bond acceptors (Lipinski definition) is 3. The summed E-state index contributed by atoms with van der Waals surface area (Å²) in [6.07, 6.45) is -10.9. The van der Waals surface area contributed by atoms with Crippen LogP contribution in [0, 0.1) is 0 Å². The zero-order valence-corrected chi connectivity index (χ0v) is 9.20. The van der Waals surface area contributed by atoms with E-state index in [1.54, 1.807) is 0 Å². The van der Waals surface area contributed by atoms with Gasteiger partial charge in [0.15, 0.2) is 5.71 Å². The van der Waals surface area contributed by atoms with Crippen molar-refractivity contribution in [2.75, 3.05) is 13.2 Å². The maximum absolute atomic E-state index is 13.3. The van der Waals surface area contributed by atoms with E-state index in [0.29, 0.717) is 0 Å². The molecule has 1 unspecified atom stereocenters. The van der Waals surface area contributed by atoms with Gasteiger partial charge in [-0.25, -0.2) is 8.78 Å². The molecule has 1 atom stereocenters. The van der Waals surface area contributed by atoms with Gasteiger partial charge in [-0.1, -0.05) is 0 Å². The molecule has 20 heavy (non-hydrogen) atoms. The molecule has 0 saturated carbocycles. The minimum atomic E-state index is -6.16. The Morgan fingerprint density at radius 3 is 2.00 bits per heavy atom. The van der Waals surface area contributed by atoms with Crippen LogP contribution in [0.3, 0.4) is 0 Å². The summed E-state index contributed by atoms with van der Waals surface area (Å²) < 4.78 is 117. The summed E-state index contributed by atoms with van der Waals surface area (Å²) in [5.41, 5.74) is -2.89. The maximum atomic E-state index is 13.3. The van der Waals surface area contributed by atoms with E-state index >= 15 is 0 Å². The molecule has 0 aromatic rings. The van der Waals surface area contributed by atoms with E-state index in [1.165, 1.54) is 0 Å². The Labute approximate surface area is 105 Å². The Hall–Kier alpha value is -1.04. The lowest BCUT2D eigenvalue weighted by atomic mass is 9.97. The predicted octanol–water partition coefficient (Wildman–Crippen LogP) is 2.24. The maximum Gasteiger partial charge on any atom is 0.449 e. The quantitative estimate of drug-likeness (QED) is 0.811. The van der Waals surface area contributed by atoms with Gasteiger partial charge in [0.25, 0.3) is 0 Å². The van der Waals surface area contributed by atoms with Gasteiger partial charge in [0.1, 0.15) is 0 Å². The van der Waals surface area contributed by atoms with E-state index in [1.807, 2.05) is 0 Å². The van der Waals surface area contributed by atoms with Crippen LogP contribution in [0.1, 0.15) is 0 Å². The van der Waals surface area contributed by atoms with Crippen molar-refractivity contribution in [3.05, 3.63) is 0 Å². The van der Waals surface area contributed by atoms with Crippen LogP contribution in [-0.2, 0) is 4.74 Å². The van der Waals surface area contributed by atoms with Crippen molar-refractivity contribution >= 4 is 5.71 Å². The van der Waals surface area contributed by atoms with E-state index in [9.17, 15) is 39.5 Å². The van der Waals surface area contributed by atoms with Gasteiger partial charge in [-0.15, -0.1) is 0 Å². The zero-order chi connectivity index (χ0) is 16.0. The number of hydrogen-bond donors (Lipinski definition) is 1. The molecular weight excluding hydrogens is 313 g/mol. The number of alkyl halides is 9. The molecular formula is C8H6F9NO2. The third-order valence-corrected chi connectivity index (χ3v) is 2.37. The normalized spacial score (nSPS) is 25.9. The molecule has 0 aromatic heterocycles. The van der Waals surface area contributed by atoms with Crippen LogP contribution in [0.4, 0.5) is 39.5 Å². The van der Waals surface area contributed by atoms with Gasteiger partial charge in [0.05, 0.1) is 13.2 Å². The fourth-order valence-corrected chi connectivity index (χ4v) is 1.35. The first-order valence-corrected chi connectivity index (χ1v) is 4.80.